The molecule has 0 bridgehead atoms. The Kier molecular flexibility index (Phi) is 9.16. The van der Waals surface area contributed by atoms with Crippen molar-refractivity contribution in [2.24, 2.45) is 11.7 Å². The van der Waals surface area contributed by atoms with Gasteiger partial charge in [-0.1, -0.05) is 66.7 Å². The lowest BCUT2D eigenvalue weighted by Gasteiger charge is -2.28. The van der Waals surface area contributed by atoms with Crippen LogP contribution in [0.4, 0.5) is 0 Å². The number of allylic oxidation sites excluding steroid dienone is 3. The van der Waals surface area contributed by atoms with Gasteiger partial charge in [0.2, 0.25) is 5.91 Å². The number of aliphatic hydroxyl groups excluding tert-OH is 1. The Labute approximate surface area is 241 Å². The minimum absolute atomic E-state index is 0.00855. The number of nitrogens with two attached hydrogens (primary N) is 1. The third-order valence-corrected chi connectivity index (χ3v) is 7.80. The summed E-state index contributed by atoms with van der Waals surface area (Å²) in [6, 6.07) is 23.4. The molecule has 1 amide bonds. The second kappa shape index (κ2) is 13.3. The van der Waals surface area contributed by atoms with Gasteiger partial charge >= 0.3 is 0 Å². The number of aryl methyl sites for hydroxylation is 1. The molecule has 0 spiro atoms. The van der Waals surface area contributed by atoms with Crippen molar-refractivity contribution in [1.29, 1.82) is 5.41 Å². The molecule has 1 aliphatic heterocycles. The first-order chi connectivity index (χ1) is 20.0. The Morgan fingerprint density at radius 2 is 1.71 bits per heavy atom. The molecule has 5 rings (SSSR count). The van der Waals surface area contributed by atoms with Crippen LogP contribution in [0.5, 0.6) is 11.5 Å². The maximum Gasteiger partial charge on any atom is 0.247 e. The lowest BCUT2D eigenvalue weighted by molar-refractivity contribution is -0.118. The zero-order valence-electron chi connectivity index (χ0n) is 23.1. The number of carbonyl (C=O) groups is 1. The van der Waals surface area contributed by atoms with Gasteiger partial charge in [-0.25, -0.2) is 0 Å². The molecule has 2 atom stereocenters. The van der Waals surface area contributed by atoms with Crippen LogP contribution in [-0.2, 0) is 17.6 Å². The molecule has 7 nitrogen and oxygen atoms in total. The van der Waals surface area contributed by atoms with Crippen LogP contribution in [-0.4, -0.2) is 42.7 Å². The lowest BCUT2D eigenvalue weighted by atomic mass is 9.87. The summed E-state index contributed by atoms with van der Waals surface area (Å²) >= 11 is 0. The van der Waals surface area contributed by atoms with E-state index in [4.69, 9.17) is 20.6 Å². The molecule has 1 aliphatic carbocycles. The maximum atomic E-state index is 13.5. The summed E-state index contributed by atoms with van der Waals surface area (Å²) in [5.41, 5.74) is 11.5. The van der Waals surface area contributed by atoms with Crippen LogP contribution >= 0.6 is 0 Å². The highest BCUT2D eigenvalue weighted by Crippen LogP contribution is 2.35. The average Bonchev–Trinajstić information content (AvgIpc) is 3.02. The number of nitrogen functional groups attached to an aromatic ring is 1. The summed E-state index contributed by atoms with van der Waals surface area (Å²) in [5, 5.41) is 21.5. The standard InChI is InChI=1S/C34H37N3O4/c35-33(36)28-8-4-7-24(19-28)20-29(22-38)30(15-9-23-5-2-1-3-6-23)37-34(39)26-12-10-25(11-13-26)27-14-16-31-32(21-27)41-18-17-40-31/h1-8,10,12,14,16,19,21,29-30,38H,9,11,13,15,17-18,20,22H2,(H3,35,36)(H,37,39). The molecular formula is C34H37N3O4. The molecule has 7 heteroatoms. The minimum Gasteiger partial charge on any atom is -0.486 e. The summed E-state index contributed by atoms with van der Waals surface area (Å²) < 4.78 is 11.4. The van der Waals surface area contributed by atoms with E-state index in [0.29, 0.717) is 38.0 Å². The van der Waals surface area contributed by atoms with Crippen molar-refractivity contribution in [3.05, 3.63) is 113 Å². The highest BCUT2D eigenvalue weighted by Gasteiger charge is 2.25. The Hall–Kier alpha value is -4.36. The number of amidine groups is 1. The van der Waals surface area contributed by atoms with Crippen LogP contribution in [0, 0.1) is 11.3 Å². The van der Waals surface area contributed by atoms with E-state index < -0.39 is 0 Å². The van der Waals surface area contributed by atoms with E-state index in [0.717, 1.165) is 46.6 Å². The van der Waals surface area contributed by atoms with Gasteiger partial charge in [0.25, 0.3) is 0 Å². The first-order valence-corrected chi connectivity index (χ1v) is 14.2. The van der Waals surface area contributed by atoms with Gasteiger partial charge in [0.05, 0.1) is 0 Å². The predicted molar refractivity (Wildman–Crippen MR) is 161 cm³/mol. The smallest absolute Gasteiger partial charge is 0.247 e. The van der Waals surface area contributed by atoms with Crippen LogP contribution in [0.15, 0.2) is 90.5 Å². The van der Waals surface area contributed by atoms with Gasteiger partial charge in [-0.3, -0.25) is 10.2 Å². The van der Waals surface area contributed by atoms with Gasteiger partial charge in [-0.2, -0.15) is 0 Å². The quantitative estimate of drug-likeness (QED) is 0.201. The van der Waals surface area contributed by atoms with E-state index in [9.17, 15) is 9.90 Å². The summed E-state index contributed by atoms with van der Waals surface area (Å²) in [5.74, 6) is 1.23. The molecule has 5 N–H and O–H groups in total. The molecule has 0 saturated heterocycles. The number of amides is 1. The first kappa shape index (κ1) is 28.2. The number of benzene rings is 3. The van der Waals surface area contributed by atoms with Crippen molar-refractivity contribution >= 4 is 17.3 Å². The SMILES string of the molecule is N=C(N)c1cccc(CC(CO)C(CCc2ccccc2)NC(=O)C2=CC=C(c3ccc4c(c3)OCCO4)CC2)c1. The second-order valence-electron chi connectivity index (χ2n) is 10.6. The number of ether oxygens (including phenoxy) is 2. The van der Waals surface area contributed by atoms with Crippen molar-refractivity contribution < 1.29 is 19.4 Å². The van der Waals surface area contributed by atoms with E-state index in [1.54, 1.807) is 6.07 Å². The van der Waals surface area contributed by atoms with Crippen LogP contribution in [0.2, 0.25) is 0 Å². The Bertz CT molecular complexity index is 1450. The molecule has 0 saturated carbocycles. The van der Waals surface area contributed by atoms with Gasteiger partial charge in [-0.05, 0) is 72.6 Å². The van der Waals surface area contributed by atoms with Crippen LogP contribution < -0.4 is 20.5 Å². The fourth-order valence-electron chi connectivity index (χ4n) is 5.47. The van der Waals surface area contributed by atoms with Crippen LogP contribution in [0.1, 0.15) is 41.5 Å². The number of fused-ring (bicyclic) bond motifs is 1. The van der Waals surface area contributed by atoms with Crippen molar-refractivity contribution in [1.82, 2.24) is 5.32 Å². The lowest BCUT2D eigenvalue weighted by Crippen LogP contribution is -2.43. The Morgan fingerprint density at radius 1 is 0.927 bits per heavy atom. The normalized spacial score (nSPS) is 15.7. The number of hydrogen-bond donors (Lipinski definition) is 4. The molecule has 212 valence electrons. The summed E-state index contributed by atoms with van der Waals surface area (Å²) in [4.78, 5) is 13.5. The number of aliphatic hydroxyl groups is 1. The van der Waals surface area contributed by atoms with Crippen LogP contribution in [0.3, 0.4) is 0 Å². The minimum atomic E-state index is -0.238. The highest BCUT2D eigenvalue weighted by atomic mass is 16.6. The fourth-order valence-corrected chi connectivity index (χ4v) is 5.47. The van der Waals surface area contributed by atoms with Crippen molar-refractivity contribution in [2.75, 3.05) is 19.8 Å². The first-order valence-electron chi connectivity index (χ1n) is 14.2. The van der Waals surface area contributed by atoms with Crippen molar-refractivity contribution in [3.8, 4) is 11.5 Å². The van der Waals surface area contributed by atoms with Crippen LogP contribution in [0.25, 0.3) is 5.57 Å². The fraction of sp³-hybridized carbons (Fsp3) is 0.294. The van der Waals surface area contributed by atoms with Gasteiger partial charge < -0.3 is 25.6 Å². The summed E-state index contributed by atoms with van der Waals surface area (Å²) in [7, 11) is 0. The zero-order valence-corrected chi connectivity index (χ0v) is 23.1. The van der Waals surface area contributed by atoms with E-state index in [1.807, 2.05) is 66.7 Å². The summed E-state index contributed by atoms with van der Waals surface area (Å²) in [6.45, 7) is 1.03. The highest BCUT2D eigenvalue weighted by molar-refractivity contribution is 5.95. The number of hydrogen-bond acceptors (Lipinski definition) is 5. The third-order valence-electron chi connectivity index (χ3n) is 7.80. The van der Waals surface area contributed by atoms with Gasteiger partial charge in [0.1, 0.15) is 19.0 Å². The topological polar surface area (TPSA) is 118 Å². The number of nitrogens with one attached hydrogen (secondary N) is 2. The third kappa shape index (κ3) is 7.24. The van der Waals surface area contributed by atoms with Gasteiger partial charge in [-0.15, -0.1) is 0 Å². The molecule has 2 aliphatic rings. The Balaban J connectivity index is 1.31. The Morgan fingerprint density at radius 3 is 2.44 bits per heavy atom. The number of carbonyl (C=O) groups excluding carboxylic acids is 1. The molecule has 1 heterocycles. The molecule has 3 aromatic rings. The molecule has 0 fully saturated rings. The molecule has 0 radical (unpaired) electrons. The second-order valence-corrected chi connectivity index (χ2v) is 10.6. The van der Waals surface area contributed by atoms with Gasteiger partial charge in [0.15, 0.2) is 11.5 Å². The van der Waals surface area contributed by atoms with E-state index >= 15 is 0 Å². The molecule has 41 heavy (non-hydrogen) atoms. The predicted octanol–water partition coefficient (Wildman–Crippen LogP) is 4.81. The monoisotopic (exact) mass is 551 g/mol. The average molecular weight is 552 g/mol. The molecule has 2 unspecified atom stereocenters. The number of rotatable bonds is 11. The zero-order chi connectivity index (χ0) is 28.6. The molecular weight excluding hydrogens is 514 g/mol. The largest absolute Gasteiger partial charge is 0.486 e. The van der Waals surface area contributed by atoms with Gasteiger partial charge in [0, 0.05) is 29.7 Å². The molecule has 0 aromatic heterocycles. The summed E-state index contributed by atoms with van der Waals surface area (Å²) in [6.07, 6.45) is 7.33. The van der Waals surface area contributed by atoms with Crippen molar-refractivity contribution in [2.45, 2.75) is 38.1 Å². The van der Waals surface area contributed by atoms with E-state index in [-0.39, 0.29) is 30.3 Å². The van der Waals surface area contributed by atoms with E-state index in [1.165, 1.54) is 5.56 Å². The van der Waals surface area contributed by atoms with E-state index in [2.05, 4.69) is 17.4 Å². The molecule has 3 aromatic carbocycles. The maximum absolute atomic E-state index is 13.5. The van der Waals surface area contributed by atoms with Crippen molar-refractivity contribution in [3.63, 3.8) is 0 Å².